The summed E-state index contributed by atoms with van der Waals surface area (Å²) in [6.07, 6.45) is 0.681. The van der Waals surface area contributed by atoms with Crippen LogP contribution in [-0.4, -0.2) is 46.9 Å². The molecule has 0 aliphatic heterocycles. The van der Waals surface area contributed by atoms with Crippen LogP contribution in [0.3, 0.4) is 0 Å². The van der Waals surface area contributed by atoms with Gasteiger partial charge in [-0.25, -0.2) is 9.59 Å². The lowest BCUT2D eigenvalue weighted by Crippen LogP contribution is -2.46. The Hall–Kier alpha value is -2.80. The molecule has 7 nitrogen and oxygen atoms in total. The summed E-state index contributed by atoms with van der Waals surface area (Å²) >= 11 is 5.99. The second-order valence-corrected chi connectivity index (χ2v) is 7.60. The Bertz CT molecular complexity index is 968. The molecule has 8 heteroatoms. The lowest BCUT2D eigenvalue weighted by atomic mass is 10.00. The van der Waals surface area contributed by atoms with Crippen LogP contribution in [0.15, 0.2) is 24.3 Å². The minimum Gasteiger partial charge on any atom is -0.464 e. The van der Waals surface area contributed by atoms with Crippen LogP contribution in [0.4, 0.5) is 10.5 Å². The number of urea groups is 1. The minimum absolute atomic E-state index is 0.231. The van der Waals surface area contributed by atoms with Crippen molar-refractivity contribution < 1.29 is 19.1 Å². The number of halogens is 1. The molecule has 2 rings (SSSR count). The lowest BCUT2D eigenvalue weighted by Gasteiger charge is -2.28. The van der Waals surface area contributed by atoms with Gasteiger partial charge in [0.1, 0.15) is 5.69 Å². The van der Waals surface area contributed by atoms with Gasteiger partial charge in [-0.3, -0.25) is 4.79 Å². The largest absolute Gasteiger partial charge is 0.464 e. The number of amides is 2. The molecular weight excluding hydrogens is 406 g/mol. The molecule has 1 aromatic carbocycles. The zero-order valence-corrected chi connectivity index (χ0v) is 19.0. The van der Waals surface area contributed by atoms with E-state index in [2.05, 4.69) is 5.32 Å². The van der Waals surface area contributed by atoms with Gasteiger partial charge in [0.05, 0.1) is 13.2 Å². The molecule has 0 aliphatic rings. The number of hydrogen-bond acceptors (Lipinski definition) is 4. The van der Waals surface area contributed by atoms with E-state index in [1.807, 2.05) is 6.92 Å². The quantitative estimate of drug-likeness (QED) is 0.511. The van der Waals surface area contributed by atoms with Crippen molar-refractivity contribution in [2.24, 2.45) is 7.05 Å². The van der Waals surface area contributed by atoms with Crippen LogP contribution in [-0.2, 0) is 11.8 Å². The van der Waals surface area contributed by atoms with Gasteiger partial charge in [0.15, 0.2) is 5.78 Å². The SMILES string of the molecule is CCCN(C(=O)Nc1cccc(Cl)c1)C(C)C(=O)c1c(C)c(C(=O)OC)n(C)c1C. The van der Waals surface area contributed by atoms with Crippen LogP contribution in [0.1, 0.15) is 52.4 Å². The van der Waals surface area contributed by atoms with Crippen molar-refractivity contribution in [3.8, 4) is 0 Å². The van der Waals surface area contributed by atoms with E-state index < -0.39 is 12.0 Å². The standard InChI is InChI=1S/C22H28ClN3O4/c1-7-11-26(22(29)24-17-10-8-9-16(23)12-17)15(4)20(27)18-13(2)19(21(28)30-6)25(5)14(18)3/h8-10,12,15H,7,11H2,1-6H3,(H,24,29). The molecule has 0 spiro atoms. The highest BCUT2D eigenvalue weighted by Gasteiger charge is 2.32. The van der Waals surface area contributed by atoms with E-state index in [9.17, 15) is 14.4 Å². The van der Waals surface area contributed by atoms with Gasteiger partial charge in [-0.1, -0.05) is 24.6 Å². The van der Waals surface area contributed by atoms with Crippen LogP contribution in [0.25, 0.3) is 0 Å². The molecule has 1 N–H and O–H groups in total. The molecule has 0 fully saturated rings. The molecule has 30 heavy (non-hydrogen) atoms. The van der Waals surface area contributed by atoms with Crippen LogP contribution in [0.5, 0.6) is 0 Å². The number of benzene rings is 1. The normalized spacial score (nSPS) is 11.7. The number of ketones is 1. The van der Waals surface area contributed by atoms with Crippen LogP contribution in [0.2, 0.25) is 5.02 Å². The smallest absolute Gasteiger partial charge is 0.354 e. The Labute approximate surface area is 181 Å². The highest BCUT2D eigenvalue weighted by atomic mass is 35.5. The zero-order chi connectivity index (χ0) is 22.6. The van der Waals surface area contributed by atoms with E-state index in [1.54, 1.807) is 56.7 Å². The zero-order valence-electron chi connectivity index (χ0n) is 18.2. The Kier molecular flexibility index (Phi) is 7.67. The van der Waals surface area contributed by atoms with Crippen molar-refractivity contribution in [3.05, 3.63) is 51.8 Å². The molecule has 1 heterocycles. The summed E-state index contributed by atoms with van der Waals surface area (Å²) in [6, 6.07) is 5.71. The number of rotatable bonds is 7. The highest BCUT2D eigenvalue weighted by Crippen LogP contribution is 2.25. The number of aromatic nitrogens is 1. The first-order chi connectivity index (χ1) is 14.1. The van der Waals surface area contributed by atoms with Gasteiger partial charge in [-0.15, -0.1) is 0 Å². The molecule has 0 radical (unpaired) electrons. The second-order valence-electron chi connectivity index (χ2n) is 7.16. The van der Waals surface area contributed by atoms with Gasteiger partial charge in [0.25, 0.3) is 0 Å². The van der Waals surface area contributed by atoms with Gasteiger partial charge < -0.3 is 19.5 Å². The fourth-order valence-electron chi connectivity index (χ4n) is 3.55. The maximum atomic E-state index is 13.4. The first kappa shape index (κ1) is 23.5. The maximum absolute atomic E-state index is 13.4. The number of nitrogens with one attached hydrogen (secondary N) is 1. The van der Waals surface area contributed by atoms with Crippen LogP contribution >= 0.6 is 11.6 Å². The molecular formula is C22H28ClN3O4. The number of carbonyl (C=O) groups is 3. The number of hydrogen-bond donors (Lipinski definition) is 1. The predicted molar refractivity (Wildman–Crippen MR) is 117 cm³/mol. The second kappa shape index (κ2) is 9.80. The average molecular weight is 434 g/mol. The van der Waals surface area contributed by atoms with Gasteiger partial charge in [-0.05, 0) is 51.0 Å². The first-order valence-corrected chi connectivity index (χ1v) is 10.1. The van der Waals surface area contributed by atoms with Gasteiger partial charge in [-0.2, -0.15) is 0 Å². The molecule has 0 saturated carbocycles. The van der Waals surface area contributed by atoms with Crippen molar-refractivity contribution in [2.45, 2.75) is 40.2 Å². The number of Topliss-reactive ketones (excluding diaryl/α,β-unsaturated/α-hetero) is 1. The Balaban J connectivity index is 2.35. The number of nitrogens with zero attached hydrogens (tertiary/aromatic N) is 2. The number of carbonyl (C=O) groups excluding carboxylic acids is 3. The third kappa shape index (κ3) is 4.67. The predicted octanol–water partition coefficient (Wildman–Crippen LogP) is 4.60. The molecule has 162 valence electrons. The van der Waals surface area contributed by atoms with Crippen molar-refractivity contribution in [2.75, 3.05) is 19.0 Å². The topological polar surface area (TPSA) is 80.6 Å². The fourth-order valence-corrected chi connectivity index (χ4v) is 3.74. The summed E-state index contributed by atoms with van der Waals surface area (Å²) in [7, 11) is 3.02. The van der Waals surface area contributed by atoms with Crippen molar-refractivity contribution in [1.29, 1.82) is 0 Å². The molecule has 0 bridgehead atoms. The van der Waals surface area contributed by atoms with Crippen molar-refractivity contribution in [1.82, 2.24) is 9.47 Å². The highest BCUT2D eigenvalue weighted by molar-refractivity contribution is 6.30. The van der Waals surface area contributed by atoms with Gasteiger partial charge in [0, 0.05) is 35.6 Å². The third-order valence-corrected chi connectivity index (χ3v) is 5.44. The summed E-state index contributed by atoms with van der Waals surface area (Å²) in [5, 5.41) is 3.30. The fraction of sp³-hybridized carbons (Fsp3) is 0.409. The van der Waals surface area contributed by atoms with E-state index in [4.69, 9.17) is 16.3 Å². The lowest BCUT2D eigenvalue weighted by molar-refractivity contribution is 0.0588. The number of ether oxygens (including phenoxy) is 1. The van der Waals surface area contributed by atoms with Crippen LogP contribution < -0.4 is 5.32 Å². The molecule has 1 atom stereocenters. The van der Waals surface area contributed by atoms with Crippen molar-refractivity contribution >= 4 is 35.1 Å². The molecule has 0 saturated heterocycles. The van der Waals surface area contributed by atoms with Gasteiger partial charge >= 0.3 is 12.0 Å². The summed E-state index contributed by atoms with van der Waals surface area (Å²) < 4.78 is 6.50. The maximum Gasteiger partial charge on any atom is 0.354 e. The average Bonchev–Trinajstić information content (AvgIpc) is 2.93. The van der Waals surface area contributed by atoms with E-state index in [0.29, 0.717) is 46.2 Å². The van der Waals surface area contributed by atoms with E-state index in [1.165, 1.54) is 12.0 Å². The summed E-state index contributed by atoms with van der Waals surface area (Å²) in [6.45, 7) is 7.52. The molecule has 0 aliphatic carbocycles. The Morgan fingerprint density at radius 2 is 1.93 bits per heavy atom. The summed E-state index contributed by atoms with van der Waals surface area (Å²) in [5.74, 6) is -0.737. The molecule has 2 amide bonds. The number of methoxy groups -OCH3 is 1. The van der Waals surface area contributed by atoms with E-state index in [0.717, 1.165) is 0 Å². The summed E-state index contributed by atoms with van der Waals surface area (Å²) in [5.41, 5.74) is 2.51. The van der Waals surface area contributed by atoms with E-state index >= 15 is 0 Å². The Morgan fingerprint density at radius 3 is 2.50 bits per heavy atom. The third-order valence-electron chi connectivity index (χ3n) is 5.20. The number of anilines is 1. The Morgan fingerprint density at radius 1 is 1.27 bits per heavy atom. The van der Waals surface area contributed by atoms with Crippen molar-refractivity contribution in [3.63, 3.8) is 0 Å². The van der Waals surface area contributed by atoms with Crippen LogP contribution in [0, 0.1) is 13.8 Å². The number of esters is 1. The van der Waals surface area contributed by atoms with Gasteiger partial charge in [0.2, 0.25) is 0 Å². The first-order valence-electron chi connectivity index (χ1n) is 9.75. The molecule has 1 aromatic heterocycles. The molecule has 1 unspecified atom stereocenters. The minimum atomic E-state index is -0.727. The molecule has 2 aromatic rings. The monoisotopic (exact) mass is 433 g/mol. The van der Waals surface area contributed by atoms with E-state index in [-0.39, 0.29) is 11.8 Å². The summed E-state index contributed by atoms with van der Waals surface area (Å²) in [4.78, 5) is 40.0.